The first-order chi connectivity index (χ1) is 11.6. The Kier molecular flexibility index (Phi) is 5.47. The van der Waals surface area contributed by atoms with Crippen molar-refractivity contribution in [2.24, 2.45) is 0 Å². The van der Waals surface area contributed by atoms with Crippen molar-refractivity contribution in [2.75, 3.05) is 34.8 Å². The van der Waals surface area contributed by atoms with Gasteiger partial charge in [0.1, 0.15) is 5.75 Å². The highest BCUT2D eigenvalue weighted by Crippen LogP contribution is 2.35. The SMILES string of the molecule is CNC1CCC(n2cc(CCN(C)C)c3ccc(OC)cc32)CC1. The van der Waals surface area contributed by atoms with Crippen LogP contribution in [0.4, 0.5) is 0 Å². The molecular formula is C20H31N3O. The molecule has 1 fully saturated rings. The first-order valence-electron chi connectivity index (χ1n) is 9.11. The predicted octanol–water partition coefficient (Wildman–Crippen LogP) is 3.46. The molecule has 132 valence electrons. The second-order valence-electron chi connectivity index (χ2n) is 7.29. The minimum atomic E-state index is 0.609. The first kappa shape index (κ1) is 17.3. The highest BCUT2D eigenvalue weighted by molar-refractivity contribution is 5.85. The summed E-state index contributed by atoms with van der Waals surface area (Å²) in [6, 6.07) is 7.82. The molecule has 0 spiro atoms. The van der Waals surface area contributed by atoms with Crippen LogP contribution in [0.1, 0.15) is 37.3 Å². The van der Waals surface area contributed by atoms with Crippen molar-refractivity contribution in [3.8, 4) is 5.75 Å². The van der Waals surface area contributed by atoms with E-state index in [2.05, 4.69) is 60.3 Å². The molecule has 1 aliphatic carbocycles. The summed E-state index contributed by atoms with van der Waals surface area (Å²) >= 11 is 0. The van der Waals surface area contributed by atoms with E-state index in [1.807, 2.05) is 0 Å². The summed E-state index contributed by atoms with van der Waals surface area (Å²) in [6.45, 7) is 1.08. The van der Waals surface area contributed by atoms with Crippen LogP contribution in [-0.2, 0) is 6.42 Å². The molecule has 24 heavy (non-hydrogen) atoms. The van der Waals surface area contributed by atoms with Crippen LogP contribution < -0.4 is 10.1 Å². The van der Waals surface area contributed by atoms with Gasteiger partial charge in [-0.15, -0.1) is 0 Å². The van der Waals surface area contributed by atoms with Gasteiger partial charge in [0.25, 0.3) is 0 Å². The molecule has 1 aromatic carbocycles. The average Bonchev–Trinajstić information content (AvgIpc) is 2.97. The molecule has 0 atom stereocenters. The third-order valence-electron chi connectivity index (χ3n) is 5.45. The maximum Gasteiger partial charge on any atom is 0.120 e. The average molecular weight is 329 g/mol. The Morgan fingerprint density at radius 2 is 1.96 bits per heavy atom. The number of methoxy groups -OCH3 is 1. The second-order valence-corrected chi connectivity index (χ2v) is 7.29. The van der Waals surface area contributed by atoms with Gasteiger partial charge in [-0.05, 0) is 70.9 Å². The Bertz CT molecular complexity index is 669. The van der Waals surface area contributed by atoms with E-state index in [0.29, 0.717) is 12.1 Å². The van der Waals surface area contributed by atoms with Gasteiger partial charge in [0.2, 0.25) is 0 Å². The monoisotopic (exact) mass is 329 g/mol. The van der Waals surface area contributed by atoms with E-state index in [1.54, 1.807) is 7.11 Å². The normalized spacial score (nSPS) is 21.5. The van der Waals surface area contributed by atoms with Gasteiger partial charge >= 0.3 is 0 Å². The molecule has 1 N–H and O–H groups in total. The summed E-state index contributed by atoms with van der Waals surface area (Å²) in [5.41, 5.74) is 2.79. The summed E-state index contributed by atoms with van der Waals surface area (Å²) < 4.78 is 8.00. The quantitative estimate of drug-likeness (QED) is 0.880. The number of rotatable bonds is 6. The van der Waals surface area contributed by atoms with Gasteiger partial charge in [0, 0.05) is 36.3 Å². The summed E-state index contributed by atoms with van der Waals surface area (Å²) in [5.74, 6) is 0.949. The van der Waals surface area contributed by atoms with Crippen molar-refractivity contribution in [1.82, 2.24) is 14.8 Å². The van der Waals surface area contributed by atoms with Crippen molar-refractivity contribution in [3.05, 3.63) is 30.0 Å². The molecule has 0 bridgehead atoms. The molecule has 4 nitrogen and oxygen atoms in total. The Morgan fingerprint density at radius 3 is 2.58 bits per heavy atom. The number of hydrogen-bond donors (Lipinski definition) is 1. The van der Waals surface area contributed by atoms with Crippen LogP contribution in [0, 0.1) is 0 Å². The van der Waals surface area contributed by atoms with Crippen molar-refractivity contribution >= 4 is 10.9 Å². The zero-order valence-electron chi connectivity index (χ0n) is 15.5. The molecule has 1 heterocycles. The van der Waals surface area contributed by atoms with Gasteiger partial charge in [-0.2, -0.15) is 0 Å². The van der Waals surface area contributed by atoms with E-state index in [9.17, 15) is 0 Å². The van der Waals surface area contributed by atoms with Gasteiger partial charge in [-0.1, -0.05) is 0 Å². The van der Waals surface area contributed by atoms with Gasteiger partial charge < -0.3 is 19.5 Å². The number of nitrogens with zero attached hydrogens (tertiary/aromatic N) is 2. The molecule has 4 heteroatoms. The lowest BCUT2D eigenvalue weighted by Gasteiger charge is -2.30. The third-order valence-corrected chi connectivity index (χ3v) is 5.45. The lowest BCUT2D eigenvalue weighted by molar-refractivity contribution is 0.305. The fraction of sp³-hybridized carbons (Fsp3) is 0.600. The summed E-state index contributed by atoms with van der Waals surface area (Å²) in [7, 11) is 8.11. The number of nitrogens with one attached hydrogen (secondary N) is 1. The molecule has 0 saturated heterocycles. The Balaban J connectivity index is 1.93. The lowest BCUT2D eigenvalue weighted by atomic mass is 9.91. The largest absolute Gasteiger partial charge is 0.497 e. The number of likely N-dealkylation sites (N-methyl/N-ethyl adjacent to an activating group) is 1. The molecule has 0 unspecified atom stereocenters. The van der Waals surface area contributed by atoms with Crippen LogP contribution in [0.25, 0.3) is 10.9 Å². The highest BCUT2D eigenvalue weighted by Gasteiger charge is 2.23. The topological polar surface area (TPSA) is 29.4 Å². The van der Waals surface area contributed by atoms with Crippen molar-refractivity contribution in [2.45, 2.75) is 44.2 Å². The molecule has 0 radical (unpaired) electrons. The van der Waals surface area contributed by atoms with Crippen LogP contribution in [-0.4, -0.2) is 50.3 Å². The van der Waals surface area contributed by atoms with Gasteiger partial charge in [-0.3, -0.25) is 0 Å². The lowest BCUT2D eigenvalue weighted by Crippen LogP contribution is -2.30. The van der Waals surface area contributed by atoms with Gasteiger partial charge in [-0.25, -0.2) is 0 Å². The Hall–Kier alpha value is -1.52. The third kappa shape index (κ3) is 3.60. The molecule has 2 aromatic rings. The molecule has 1 saturated carbocycles. The molecule has 3 rings (SSSR count). The minimum absolute atomic E-state index is 0.609. The van der Waals surface area contributed by atoms with Crippen molar-refractivity contribution in [1.29, 1.82) is 0 Å². The summed E-state index contributed by atoms with van der Waals surface area (Å²) in [5, 5.41) is 4.82. The zero-order chi connectivity index (χ0) is 17.1. The fourth-order valence-corrected chi connectivity index (χ4v) is 3.92. The van der Waals surface area contributed by atoms with Crippen LogP contribution >= 0.6 is 0 Å². The first-order valence-corrected chi connectivity index (χ1v) is 9.11. The molecule has 0 aliphatic heterocycles. The summed E-state index contributed by atoms with van der Waals surface area (Å²) in [4.78, 5) is 2.25. The van der Waals surface area contributed by atoms with Crippen molar-refractivity contribution in [3.63, 3.8) is 0 Å². The van der Waals surface area contributed by atoms with Gasteiger partial charge in [0.15, 0.2) is 0 Å². The Labute approximate surface area is 145 Å². The molecule has 1 aliphatic rings. The van der Waals surface area contributed by atoms with Crippen LogP contribution in [0.2, 0.25) is 0 Å². The molecule has 1 aromatic heterocycles. The van der Waals surface area contributed by atoms with E-state index in [1.165, 1.54) is 42.1 Å². The van der Waals surface area contributed by atoms with E-state index in [-0.39, 0.29) is 0 Å². The number of ether oxygens (including phenoxy) is 1. The predicted molar refractivity (Wildman–Crippen MR) is 101 cm³/mol. The number of hydrogen-bond acceptors (Lipinski definition) is 3. The van der Waals surface area contributed by atoms with E-state index < -0.39 is 0 Å². The Morgan fingerprint density at radius 1 is 1.21 bits per heavy atom. The summed E-state index contributed by atoms with van der Waals surface area (Å²) in [6.07, 6.45) is 8.52. The van der Waals surface area contributed by atoms with E-state index in [0.717, 1.165) is 18.7 Å². The second kappa shape index (κ2) is 7.58. The standard InChI is InChI=1S/C20H31N3O/c1-21-16-5-7-17(8-6-16)23-14-15(11-12-22(2)3)19-10-9-18(24-4)13-20(19)23/h9-10,13-14,16-17,21H,5-8,11-12H2,1-4H3. The van der Waals surface area contributed by atoms with Gasteiger partial charge in [0.05, 0.1) is 12.6 Å². The van der Waals surface area contributed by atoms with Crippen molar-refractivity contribution < 1.29 is 4.74 Å². The number of benzene rings is 1. The van der Waals surface area contributed by atoms with E-state index in [4.69, 9.17) is 4.74 Å². The maximum absolute atomic E-state index is 5.47. The zero-order valence-corrected chi connectivity index (χ0v) is 15.5. The van der Waals surface area contributed by atoms with Crippen LogP contribution in [0.5, 0.6) is 5.75 Å². The van der Waals surface area contributed by atoms with Crippen LogP contribution in [0.15, 0.2) is 24.4 Å². The highest BCUT2D eigenvalue weighted by atomic mass is 16.5. The molecule has 0 amide bonds. The number of aromatic nitrogens is 1. The molecular weight excluding hydrogens is 298 g/mol. The fourth-order valence-electron chi connectivity index (χ4n) is 3.92. The number of fused-ring (bicyclic) bond motifs is 1. The smallest absolute Gasteiger partial charge is 0.120 e. The maximum atomic E-state index is 5.47. The van der Waals surface area contributed by atoms with Crippen LogP contribution in [0.3, 0.4) is 0 Å². The van der Waals surface area contributed by atoms with E-state index >= 15 is 0 Å². The minimum Gasteiger partial charge on any atom is -0.497 e.